The maximum Gasteiger partial charge on any atom is 0.229 e. The van der Waals surface area contributed by atoms with Gasteiger partial charge in [0.15, 0.2) is 0 Å². The van der Waals surface area contributed by atoms with E-state index in [1.165, 1.54) is 0 Å². The van der Waals surface area contributed by atoms with Crippen LogP contribution in [0.4, 0.5) is 5.69 Å². The summed E-state index contributed by atoms with van der Waals surface area (Å²) in [6.45, 7) is 4.88. The predicted molar refractivity (Wildman–Crippen MR) is 80.7 cm³/mol. The van der Waals surface area contributed by atoms with Gasteiger partial charge in [-0.15, -0.1) is 0 Å². The molecule has 2 atom stereocenters. The van der Waals surface area contributed by atoms with Crippen LogP contribution in [0.15, 0.2) is 24.3 Å². The molecular weight excluding hydrogens is 252 g/mol. The fraction of sp³-hybridized carbons (Fsp3) is 0.562. The van der Waals surface area contributed by atoms with E-state index < -0.39 is 0 Å². The Hall–Kier alpha value is -1.55. The van der Waals surface area contributed by atoms with Crippen molar-refractivity contribution in [3.8, 4) is 5.75 Å². The summed E-state index contributed by atoms with van der Waals surface area (Å²) in [4.78, 5) is 12.2. The monoisotopic (exact) mass is 276 g/mol. The molecule has 1 aromatic carbocycles. The van der Waals surface area contributed by atoms with Gasteiger partial charge in [-0.3, -0.25) is 4.79 Å². The SMILES string of the molecule is CC(C)COc1cccc(NC(=O)C2CCCC2N)c1. The first-order valence-electron chi connectivity index (χ1n) is 7.35. The second-order valence-corrected chi connectivity index (χ2v) is 5.92. The molecule has 0 bridgehead atoms. The molecule has 1 aliphatic rings. The van der Waals surface area contributed by atoms with E-state index in [1.54, 1.807) is 0 Å². The minimum atomic E-state index is -0.0600. The Morgan fingerprint density at radius 2 is 2.25 bits per heavy atom. The van der Waals surface area contributed by atoms with E-state index in [0.717, 1.165) is 30.7 Å². The van der Waals surface area contributed by atoms with Crippen molar-refractivity contribution in [1.29, 1.82) is 0 Å². The number of carbonyl (C=O) groups excluding carboxylic acids is 1. The first-order valence-corrected chi connectivity index (χ1v) is 7.35. The van der Waals surface area contributed by atoms with Crippen molar-refractivity contribution in [3.63, 3.8) is 0 Å². The summed E-state index contributed by atoms with van der Waals surface area (Å²) in [5.41, 5.74) is 6.73. The number of amides is 1. The molecule has 0 aromatic heterocycles. The lowest BCUT2D eigenvalue weighted by Gasteiger charge is -2.16. The Bertz CT molecular complexity index is 460. The van der Waals surface area contributed by atoms with Crippen LogP contribution < -0.4 is 15.8 Å². The number of benzene rings is 1. The van der Waals surface area contributed by atoms with Gasteiger partial charge in [0.1, 0.15) is 5.75 Å². The molecule has 4 nitrogen and oxygen atoms in total. The molecule has 20 heavy (non-hydrogen) atoms. The third-order valence-electron chi connectivity index (χ3n) is 3.59. The molecule has 1 saturated carbocycles. The van der Waals surface area contributed by atoms with Crippen LogP contribution in [0.2, 0.25) is 0 Å². The number of carbonyl (C=O) groups is 1. The minimum Gasteiger partial charge on any atom is -0.493 e. The summed E-state index contributed by atoms with van der Waals surface area (Å²) in [6, 6.07) is 7.52. The van der Waals surface area contributed by atoms with Crippen molar-refractivity contribution in [2.45, 2.75) is 39.2 Å². The molecule has 0 heterocycles. The summed E-state index contributed by atoms with van der Waals surface area (Å²) < 4.78 is 5.66. The first kappa shape index (κ1) is 14.9. The standard InChI is InChI=1S/C16H24N2O2/c1-11(2)10-20-13-6-3-5-12(9-13)18-16(19)14-7-4-8-15(14)17/h3,5-6,9,11,14-15H,4,7-8,10,17H2,1-2H3,(H,18,19). The summed E-state index contributed by atoms with van der Waals surface area (Å²) >= 11 is 0. The molecule has 1 amide bonds. The van der Waals surface area contributed by atoms with Crippen LogP contribution in [-0.4, -0.2) is 18.6 Å². The highest BCUT2D eigenvalue weighted by Crippen LogP contribution is 2.26. The smallest absolute Gasteiger partial charge is 0.229 e. The van der Waals surface area contributed by atoms with Crippen molar-refractivity contribution in [3.05, 3.63) is 24.3 Å². The van der Waals surface area contributed by atoms with E-state index in [4.69, 9.17) is 10.5 Å². The normalized spacial score (nSPS) is 22.0. The third kappa shape index (κ3) is 3.97. The van der Waals surface area contributed by atoms with E-state index >= 15 is 0 Å². The quantitative estimate of drug-likeness (QED) is 0.869. The Morgan fingerprint density at radius 1 is 1.45 bits per heavy atom. The van der Waals surface area contributed by atoms with Crippen LogP contribution in [-0.2, 0) is 4.79 Å². The summed E-state index contributed by atoms with van der Waals surface area (Å²) in [7, 11) is 0. The highest BCUT2D eigenvalue weighted by Gasteiger charge is 2.30. The Balaban J connectivity index is 1.95. The highest BCUT2D eigenvalue weighted by molar-refractivity contribution is 5.93. The largest absolute Gasteiger partial charge is 0.493 e. The third-order valence-corrected chi connectivity index (χ3v) is 3.59. The molecule has 2 rings (SSSR count). The lowest BCUT2D eigenvalue weighted by Crippen LogP contribution is -2.34. The van der Waals surface area contributed by atoms with Gasteiger partial charge in [-0.25, -0.2) is 0 Å². The molecule has 0 spiro atoms. The topological polar surface area (TPSA) is 64.3 Å². The highest BCUT2D eigenvalue weighted by atomic mass is 16.5. The van der Waals surface area contributed by atoms with Crippen LogP contribution in [0.25, 0.3) is 0 Å². The summed E-state index contributed by atoms with van der Waals surface area (Å²) in [5.74, 6) is 1.23. The van der Waals surface area contributed by atoms with E-state index in [-0.39, 0.29) is 17.9 Å². The lowest BCUT2D eigenvalue weighted by molar-refractivity contribution is -0.120. The average Bonchev–Trinajstić information content (AvgIpc) is 2.83. The number of hydrogen-bond acceptors (Lipinski definition) is 3. The van der Waals surface area contributed by atoms with Gasteiger partial charge in [0, 0.05) is 17.8 Å². The number of nitrogens with one attached hydrogen (secondary N) is 1. The maximum atomic E-state index is 12.2. The molecule has 1 aliphatic carbocycles. The van der Waals surface area contributed by atoms with Crippen molar-refractivity contribution in [2.24, 2.45) is 17.6 Å². The number of ether oxygens (including phenoxy) is 1. The van der Waals surface area contributed by atoms with Crippen molar-refractivity contribution < 1.29 is 9.53 Å². The van der Waals surface area contributed by atoms with Crippen molar-refractivity contribution in [1.82, 2.24) is 0 Å². The van der Waals surface area contributed by atoms with Crippen LogP contribution in [0.5, 0.6) is 5.75 Å². The predicted octanol–water partition coefficient (Wildman–Crippen LogP) is 2.79. The van der Waals surface area contributed by atoms with E-state index in [9.17, 15) is 4.79 Å². The molecule has 4 heteroatoms. The summed E-state index contributed by atoms with van der Waals surface area (Å²) in [5, 5.41) is 2.94. The van der Waals surface area contributed by atoms with E-state index in [0.29, 0.717) is 12.5 Å². The van der Waals surface area contributed by atoms with Crippen molar-refractivity contribution in [2.75, 3.05) is 11.9 Å². The zero-order chi connectivity index (χ0) is 14.5. The molecule has 0 aliphatic heterocycles. The van der Waals surface area contributed by atoms with Crippen LogP contribution in [0, 0.1) is 11.8 Å². The van der Waals surface area contributed by atoms with Crippen LogP contribution in [0.3, 0.4) is 0 Å². The zero-order valence-electron chi connectivity index (χ0n) is 12.3. The number of nitrogens with two attached hydrogens (primary N) is 1. The average molecular weight is 276 g/mol. The second-order valence-electron chi connectivity index (χ2n) is 5.92. The molecule has 1 fully saturated rings. The van der Waals surface area contributed by atoms with Gasteiger partial charge >= 0.3 is 0 Å². The van der Waals surface area contributed by atoms with Crippen LogP contribution >= 0.6 is 0 Å². The lowest BCUT2D eigenvalue weighted by atomic mass is 10.0. The number of rotatable bonds is 5. The molecule has 0 radical (unpaired) electrons. The minimum absolute atomic E-state index is 0.00428. The van der Waals surface area contributed by atoms with E-state index in [2.05, 4.69) is 19.2 Å². The fourth-order valence-electron chi connectivity index (χ4n) is 2.48. The van der Waals surface area contributed by atoms with Crippen LogP contribution in [0.1, 0.15) is 33.1 Å². The molecule has 0 saturated heterocycles. The van der Waals surface area contributed by atoms with Gasteiger partial charge in [-0.1, -0.05) is 26.3 Å². The van der Waals surface area contributed by atoms with Gasteiger partial charge in [0.2, 0.25) is 5.91 Å². The molecular formula is C16H24N2O2. The van der Waals surface area contributed by atoms with Gasteiger partial charge in [0.25, 0.3) is 0 Å². The fourth-order valence-corrected chi connectivity index (χ4v) is 2.48. The second kappa shape index (κ2) is 6.75. The Morgan fingerprint density at radius 3 is 2.90 bits per heavy atom. The molecule has 3 N–H and O–H groups in total. The Labute approximate surface area is 120 Å². The van der Waals surface area contributed by atoms with Gasteiger partial charge in [0.05, 0.1) is 12.5 Å². The van der Waals surface area contributed by atoms with Gasteiger partial charge in [-0.2, -0.15) is 0 Å². The first-order chi connectivity index (χ1) is 9.56. The van der Waals surface area contributed by atoms with E-state index in [1.807, 2.05) is 24.3 Å². The molecule has 110 valence electrons. The number of anilines is 1. The van der Waals surface area contributed by atoms with Crippen molar-refractivity contribution >= 4 is 11.6 Å². The molecule has 2 unspecified atom stereocenters. The summed E-state index contributed by atoms with van der Waals surface area (Å²) in [6.07, 6.45) is 2.86. The molecule has 1 aromatic rings. The Kier molecular flexibility index (Phi) is 5.01. The zero-order valence-corrected chi connectivity index (χ0v) is 12.3. The van der Waals surface area contributed by atoms with Gasteiger partial charge < -0.3 is 15.8 Å². The number of hydrogen-bond donors (Lipinski definition) is 2. The maximum absolute atomic E-state index is 12.2. The van der Waals surface area contributed by atoms with Gasteiger partial charge in [-0.05, 0) is 30.9 Å².